The van der Waals surface area contributed by atoms with E-state index < -0.39 is 12.0 Å². The normalized spacial score (nSPS) is 13.0. The van der Waals surface area contributed by atoms with Crippen LogP contribution in [0.1, 0.15) is 27.2 Å². The molecule has 0 spiro atoms. The van der Waals surface area contributed by atoms with E-state index in [4.69, 9.17) is 14.6 Å². The van der Waals surface area contributed by atoms with Crippen LogP contribution >= 0.6 is 0 Å². The van der Waals surface area contributed by atoms with Crippen molar-refractivity contribution in [3.8, 4) is 0 Å². The molecule has 0 fully saturated rings. The standard InChI is InChI=1S/C11H23NO4/c1-4-5-12-10(11(13)14)8-15-6-7-16-9(2)3/h9-10,12H,4-8H2,1-3H3,(H,13,14). The zero-order valence-corrected chi connectivity index (χ0v) is 10.4. The number of carboxylic acids is 1. The highest BCUT2D eigenvalue weighted by molar-refractivity contribution is 5.73. The Morgan fingerprint density at radius 2 is 2.06 bits per heavy atom. The van der Waals surface area contributed by atoms with Gasteiger partial charge < -0.3 is 19.9 Å². The summed E-state index contributed by atoms with van der Waals surface area (Å²) >= 11 is 0. The van der Waals surface area contributed by atoms with Gasteiger partial charge in [-0.05, 0) is 26.8 Å². The van der Waals surface area contributed by atoms with Crippen LogP contribution < -0.4 is 5.32 Å². The topological polar surface area (TPSA) is 67.8 Å². The van der Waals surface area contributed by atoms with Gasteiger partial charge in [-0.15, -0.1) is 0 Å². The quantitative estimate of drug-likeness (QED) is 0.548. The SMILES string of the molecule is CCCNC(COCCOC(C)C)C(=O)O. The summed E-state index contributed by atoms with van der Waals surface area (Å²) in [7, 11) is 0. The van der Waals surface area contributed by atoms with Gasteiger partial charge in [-0.1, -0.05) is 6.92 Å². The van der Waals surface area contributed by atoms with Gasteiger partial charge in [-0.25, -0.2) is 0 Å². The molecule has 1 atom stereocenters. The number of hydrogen-bond acceptors (Lipinski definition) is 4. The van der Waals surface area contributed by atoms with E-state index in [1.807, 2.05) is 20.8 Å². The van der Waals surface area contributed by atoms with Gasteiger partial charge in [-0.2, -0.15) is 0 Å². The summed E-state index contributed by atoms with van der Waals surface area (Å²) < 4.78 is 10.5. The minimum atomic E-state index is -0.877. The number of carbonyl (C=O) groups is 1. The van der Waals surface area contributed by atoms with Gasteiger partial charge in [0.2, 0.25) is 0 Å². The summed E-state index contributed by atoms with van der Waals surface area (Å²) in [5, 5.41) is 11.8. The largest absolute Gasteiger partial charge is 0.480 e. The van der Waals surface area contributed by atoms with Crippen LogP contribution in [0.5, 0.6) is 0 Å². The third-order valence-electron chi connectivity index (χ3n) is 1.90. The molecule has 0 bridgehead atoms. The second-order valence-corrected chi connectivity index (χ2v) is 3.84. The van der Waals surface area contributed by atoms with Gasteiger partial charge in [-0.3, -0.25) is 4.79 Å². The molecule has 0 aromatic rings. The van der Waals surface area contributed by atoms with Crippen molar-refractivity contribution >= 4 is 5.97 Å². The van der Waals surface area contributed by atoms with E-state index in [2.05, 4.69) is 5.32 Å². The fourth-order valence-corrected chi connectivity index (χ4v) is 1.08. The third kappa shape index (κ3) is 8.64. The Hall–Kier alpha value is -0.650. The lowest BCUT2D eigenvalue weighted by atomic mass is 10.3. The zero-order valence-electron chi connectivity index (χ0n) is 10.4. The summed E-state index contributed by atoms with van der Waals surface area (Å²) in [5.74, 6) is -0.877. The van der Waals surface area contributed by atoms with E-state index in [1.165, 1.54) is 0 Å². The number of carboxylic acid groups (broad SMARTS) is 1. The van der Waals surface area contributed by atoms with Crippen molar-refractivity contribution in [3.63, 3.8) is 0 Å². The first kappa shape index (κ1) is 15.3. The van der Waals surface area contributed by atoms with Crippen molar-refractivity contribution in [2.24, 2.45) is 0 Å². The van der Waals surface area contributed by atoms with Crippen LogP contribution in [-0.2, 0) is 14.3 Å². The molecule has 5 heteroatoms. The minimum Gasteiger partial charge on any atom is -0.480 e. The average Bonchev–Trinajstić information content (AvgIpc) is 2.21. The van der Waals surface area contributed by atoms with E-state index in [9.17, 15) is 4.79 Å². The van der Waals surface area contributed by atoms with Crippen molar-refractivity contribution in [3.05, 3.63) is 0 Å². The van der Waals surface area contributed by atoms with Gasteiger partial charge in [0, 0.05) is 0 Å². The molecule has 0 rings (SSSR count). The molecule has 0 aromatic carbocycles. The molecule has 0 aromatic heterocycles. The minimum absolute atomic E-state index is 0.177. The fraction of sp³-hybridized carbons (Fsp3) is 0.909. The summed E-state index contributed by atoms with van der Waals surface area (Å²) in [6.07, 6.45) is 1.08. The van der Waals surface area contributed by atoms with Gasteiger partial charge in [0.05, 0.1) is 25.9 Å². The number of aliphatic carboxylic acids is 1. The maximum Gasteiger partial charge on any atom is 0.323 e. The van der Waals surface area contributed by atoms with E-state index in [-0.39, 0.29) is 12.7 Å². The summed E-state index contributed by atoms with van der Waals surface area (Å²) in [4.78, 5) is 10.8. The van der Waals surface area contributed by atoms with Crippen LogP contribution in [-0.4, -0.2) is 49.6 Å². The molecule has 0 aliphatic carbocycles. The molecule has 0 aliphatic rings. The molecule has 16 heavy (non-hydrogen) atoms. The Bertz CT molecular complexity index is 185. The van der Waals surface area contributed by atoms with E-state index >= 15 is 0 Å². The Labute approximate surface area is 97.1 Å². The maximum absolute atomic E-state index is 10.8. The number of hydrogen-bond donors (Lipinski definition) is 2. The maximum atomic E-state index is 10.8. The second kappa shape index (κ2) is 9.57. The highest BCUT2D eigenvalue weighted by Crippen LogP contribution is 1.91. The van der Waals surface area contributed by atoms with Crippen LogP contribution in [0.25, 0.3) is 0 Å². The molecule has 0 aliphatic heterocycles. The van der Waals surface area contributed by atoms with Gasteiger partial charge in [0.25, 0.3) is 0 Å². The summed E-state index contributed by atoms with van der Waals surface area (Å²) in [6, 6.07) is -0.626. The van der Waals surface area contributed by atoms with E-state index in [1.54, 1.807) is 0 Å². The smallest absolute Gasteiger partial charge is 0.323 e. The van der Waals surface area contributed by atoms with Gasteiger partial charge in [0.15, 0.2) is 0 Å². The Balaban J connectivity index is 3.56. The predicted octanol–water partition coefficient (Wildman–Crippen LogP) is 0.881. The van der Waals surface area contributed by atoms with E-state index in [0.29, 0.717) is 19.8 Å². The summed E-state index contributed by atoms with van der Waals surface area (Å²) in [6.45, 7) is 7.67. The Morgan fingerprint density at radius 1 is 1.38 bits per heavy atom. The average molecular weight is 233 g/mol. The lowest BCUT2D eigenvalue weighted by Gasteiger charge is -2.14. The zero-order chi connectivity index (χ0) is 12.4. The molecule has 0 amide bonds. The van der Waals surface area contributed by atoms with Crippen LogP contribution in [0.3, 0.4) is 0 Å². The van der Waals surface area contributed by atoms with Crippen LogP contribution in [0, 0.1) is 0 Å². The lowest BCUT2D eigenvalue weighted by Crippen LogP contribution is -2.41. The van der Waals surface area contributed by atoms with Crippen LogP contribution in [0.2, 0.25) is 0 Å². The number of rotatable bonds is 10. The number of ether oxygens (including phenoxy) is 2. The van der Waals surface area contributed by atoms with Crippen molar-refractivity contribution in [1.82, 2.24) is 5.32 Å². The second-order valence-electron chi connectivity index (χ2n) is 3.84. The van der Waals surface area contributed by atoms with Crippen molar-refractivity contribution in [2.45, 2.75) is 39.3 Å². The monoisotopic (exact) mass is 233 g/mol. The van der Waals surface area contributed by atoms with Gasteiger partial charge in [0.1, 0.15) is 6.04 Å². The first-order valence-corrected chi connectivity index (χ1v) is 5.73. The summed E-state index contributed by atoms with van der Waals surface area (Å²) in [5.41, 5.74) is 0. The first-order chi connectivity index (χ1) is 7.57. The molecule has 2 N–H and O–H groups in total. The molecule has 5 nitrogen and oxygen atoms in total. The molecule has 0 saturated heterocycles. The lowest BCUT2D eigenvalue weighted by molar-refractivity contribution is -0.141. The molecular formula is C11H23NO4. The molecular weight excluding hydrogens is 210 g/mol. The molecule has 96 valence electrons. The predicted molar refractivity (Wildman–Crippen MR) is 61.6 cm³/mol. The van der Waals surface area contributed by atoms with Crippen molar-refractivity contribution in [1.29, 1.82) is 0 Å². The van der Waals surface area contributed by atoms with Crippen LogP contribution in [0.15, 0.2) is 0 Å². The number of nitrogens with one attached hydrogen (secondary N) is 1. The Morgan fingerprint density at radius 3 is 2.56 bits per heavy atom. The van der Waals surface area contributed by atoms with Crippen molar-refractivity contribution < 1.29 is 19.4 Å². The highest BCUT2D eigenvalue weighted by Gasteiger charge is 2.15. The fourth-order valence-electron chi connectivity index (χ4n) is 1.08. The third-order valence-corrected chi connectivity index (χ3v) is 1.90. The molecule has 0 heterocycles. The van der Waals surface area contributed by atoms with E-state index in [0.717, 1.165) is 6.42 Å². The molecule has 0 saturated carbocycles. The molecule has 0 radical (unpaired) electrons. The first-order valence-electron chi connectivity index (χ1n) is 5.73. The van der Waals surface area contributed by atoms with Crippen LogP contribution in [0.4, 0.5) is 0 Å². The van der Waals surface area contributed by atoms with Gasteiger partial charge >= 0.3 is 5.97 Å². The highest BCUT2D eigenvalue weighted by atomic mass is 16.5. The Kier molecular flexibility index (Phi) is 9.18. The molecule has 1 unspecified atom stereocenters. The van der Waals surface area contributed by atoms with Crippen molar-refractivity contribution in [2.75, 3.05) is 26.4 Å².